The molecule has 7 nitrogen and oxygen atoms in total. The number of methoxy groups -OCH3 is 2. The second-order valence-electron chi connectivity index (χ2n) is 9.63. The summed E-state index contributed by atoms with van der Waals surface area (Å²) in [4.78, 5) is 29.6. The van der Waals surface area contributed by atoms with Crippen LogP contribution in [-0.2, 0) is 10.2 Å². The molecule has 0 unspecified atom stereocenters. The van der Waals surface area contributed by atoms with Gasteiger partial charge in [0, 0.05) is 31.7 Å². The first-order chi connectivity index (χ1) is 16.1. The number of nitrogens with zero attached hydrogens (tertiary/aromatic N) is 2. The highest BCUT2D eigenvalue weighted by Gasteiger charge is 2.25. The van der Waals surface area contributed by atoms with Crippen LogP contribution in [0.25, 0.3) is 0 Å². The fourth-order valence-corrected chi connectivity index (χ4v) is 4.11. The average molecular weight is 469 g/mol. The van der Waals surface area contributed by atoms with E-state index in [-0.39, 0.29) is 23.8 Å². The Kier molecular flexibility index (Phi) is 8.07. The van der Waals surface area contributed by atoms with Crippen LogP contribution in [0.1, 0.15) is 48.7 Å². The summed E-state index contributed by atoms with van der Waals surface area (Å²) in [5.74, 6) is 1.69. The SMILES string of the molecule is COc1ccc(C(=O)N2CCCN(C(=O)COc3ccc(C)cc3C(C)(C)C)CC2)cc1OC. The molecular weight excluding hydrogens is 432 g/mol. The van der Waals surface area contributed by atoms with Gasteiger partial charge in [-0.15, -0.1) is 0 Å². The molecule has 0 aliphatic carbocycles. The van der Waals surface area contributed by atoms with E-state index in [0.717, 1.165) is 16.9 Å². The van der Waals surface area contributed by atoms with Crippen LogP contribution in [-0.4, -0.2) is 68.6 Å². The van der Waals surface area contributed by atoms with Gasteiger partial charge >= 0.3 is 0 Å². The molecule has 1 fully saturated rings. The minimum atomic E-state index is -0.0853. The van der Waals surface area contributed by atoms with Gasteiger partial charge in [0.1, 0.15) is 5.75 Å². The zero-order valence-electron chi connectivity index (χ0n) is 21.1. The van der Waals surface area contributed by atoms with Crippen LogP contribution in [0.5, 0.6) is 17.2 Å². The van der Waals surface area contributed by atoms with Crippen molar-refractivity contribution in [2.24, 2.45) is 0 Å². The zero-order valence-corrected chi connectivity index (χ0v) is 21.1. The number of carbonyl (C=O) groups excluding carboxylic acids is 2. The predicted molar refractivity (Wildman–Crippen MR) is 132 cm³/mol. The van der Waals surface area contributed by atoms with Gasteiger partial charge in [-0.05, 0) is 48.6 Å². The number of hydrogen-bond donors (Lipinski definition) is 0. The molecule has 3 rings (SSSR count). The van der Waals surface area contributed by atoms with Gasteiger partial charge in [-0.3, -0.25) is 9.59 Å². The second-order valence-corrected chi connectivity index (χ2v) is 9.63. The number of rotatable bonds is 6. The Balaban J connectivity index is 1.61. The third-order valence-corrected chi connectivity index (χ3v) is 6.06. The van der Waals surface area contributed by atoms with E-state index in [9.17, 15) is 9.59 Å². The first kappa shape index (κ1) is 25.4. The Morgan fingerprint density at radius 2 is 1.50 bits per heavy atom. The van der Waals surface area contributed by atoms with E-state index < -0.39 is 0 Å². The fourth-order valence-electron chi connectivity index (χ4n) is 4.11. The number of carbonyl (C=O) groups is 2. The van der Waals surface area contributed by atoms with E-state index in [1.807, 2.05) is 12.1 Å². The molecular formula is C27H36N2O5. The summed E-state index contributed by atoms with van der Waals surface area (Å²) >= 11 is 0. The minimum absolute atomic E-state index is 0.0181. The van der Waals surface area contributed by atoms with Crippen molar-refractivity contribution < 1.29 is 23.8 Å². The third kappa shape index (κ3) is 6.01. The third-order valence-electron chi connectivity index (χ3n) is 6.06. The molecule has 0 saturated carbocycles. The molecule has 0 N–H and O–H groups in total. The summed E-state index contributed by atoms with van der Waals surface area (Å²) < 4.78 is 16.5. The number of benzene rings is 2. The van der Waals surface area contributed by atoms with Crippen LogP contribution >= 0.6 is 0 Å². The lowest BCUT2D eigenvalue weighted by Crippen LogP contribution is -2.39. The molecule has 1 aliphatic rings. The molecule has 0 atom stereocenters. The molecule has 0 bridgehead atoms. The van der Waals surface area contributed by atoms with Crippen LogP contribution in [0, 0.1) is 6.92 Å². The van der Waals surface area contributed by atoms with Crippen molar-refractivity contribution in [2.75, 3.05) is 47.0 Å². The average Bonchev–Trinajstić information content (AvgIpc) is 3.08. The lowest BCUT2D eigenvalue weighted by molar-refractivity contribution is -0.133. The van der Waals surface area contributed by atoms with Gasteiger partial charge in [0.25, 0.3) is 11.8 Å². The maximum absolute atomic E-state index is 13.1. The van der Waals surface area contributed by atoms with Crippen molar-refractivity contribution in [3.8, 4) is 17.2 Å². The molecule has 184 valence electrons. The fraction of sp³-hybridized carbons (Fsp3) is 0.481. The lowest BCUT2D eigenvalue weighted by Gasteiger charge is -2.25. The maximum Gasteiger partial charge on any atom is 0.260 e. The van der Waals surface area contributed by atoms with Crippen molar-refractivity contribution in [1.29, 1.82) is 0 Å². The van der Waals surface area contributed by atoms with Crippen molar-refractivity contribution in [3.05, 3.63) is 53.1 Å². The lowest BCUT2D eigenvalue weighted by atomic mass is 9.85. The first-order valence-corrected chi connectivity index (χ1v) is 11.7. The predicted octanol–water partition coefficient (Wildman–Crippen LogP) is 4.06. The van der Waals surface area contributed by atoms with Gasteiger partial charge in [-0.1, -0.05) is 38.5 Å². The molecule has 0 aromatic heterocycles. The highest BCUT2D eigenvalue weighted by Crippen LogP contribution is 2.32. The molecule has 1 saturated heterocycles. The van der Waals surface area contributed by atoms with Crippen molar-refractivity contribution >= 4 is 11.8 Å². The number of hydrogen-bond acceptors (Lipinski definition) is 5. The molecule has 2 aromatic carbocycles. The van der Waals surface area contributed by atoms with Crippen LogP contribution in [0.3, 0.4) is 0 Å². The smallest absolute Gasteiger partial charge is 0.260 e. The summed E-state index contributed by atoms with van der Waals surface area (Å²) in [6.07, 6.45) is 0.711. The van der Waals surface area contributed by atoms with Gasteiger partial charge in [0.15, 0.2) is 18.1 Å². The Labute approximate surface area is 202 Å². The summed E-state index contributed by atoms with van der Waals surface area (Å²) in [6.45, 7) is 10.6. The molecule has 1 heterocycles. The van der Waals surface area contributed by atoms with Gasteiger partial charge in [0.2, 0.25) is 0 Å². The topological polar surface area (TPSA) is 68.3 Å². The highest BCUT2D eigenvalue weighted by atomic mass is 16.5. The van der Waals surface area contributed by atoms with Crippen LogP contribution in [0.4, 0.5) is 0 Å². The number of ether oxygens (including phenoxy) is 3. The Bertz CT molecular complexity index is 1030. The van der Waals surface area contributed by atoms with Gasteiger partial charge in [-0.2, -0.15) is 0 Å². The molecule has 2 amide bonds. The standard InChI is InChI=1S/C27H36N2O5/c1-19-8-10-22(21(16-19)27(2,3)4)34-18-25(30)28-12-7-13-29(15-14-28)26(31)20-9-11-23(32-5)24(17-20)33-6/h8-11,16-17H,7,12-15,18H2,1-6H3. The summed E-state index contributed by atoms with van der Waals surface area (Å²) in [7, 11) is 3.11. The van der Waals surface area contributed by atoms with Crippen LogP contribution in [0.15, 0.2) is 36.4 Å². The van der Waals surface area contributed by atoms with Crippen LogP contribution in [0.2, 0.25) is 0 Å². The zero-order chi connectivity index (χ0) is 24.9. The van der Waals surface area contributed by atoms with Gasteiger partial charge < -0.3 is 24.0 Å². The van der Waals surface area contributed by atoms with Gasteiger partial charge in [-0.25, -0.2) is 0 Å². The van der Waals surface area contributed by atoms with E-state index in [1.54, 1.807) is 42.2 Å². The Hall–Kier alpha value is -3.22. The molecule has 1 aliphatic heterocycles. The van der Waals surface area contributed by atoms with E-state index >= 15 is 0 Å². The minimum Gasteiger partial charge on any atom is -0.493 e. The Morgan fingerprint density at radius 1 is 0.853 bits per heavy atom. The van der Waals surface area contributed by atoms with Crippen LogP contribution < -0.4 is 14.2 Å². The van der Waals surface area contributed by atoms with E-state index in [4.69, 9.17) is 14.2 Å². The van der Waals surface area contributed by atoms with E-state index in [0.29, 0.717) is 49.7 Å². The van der Waals surface area contributed by atoms with Crippen molar-refractivity contribution in [3.63, 3.8) is 0 Å². The van der Waals surface area contributed by atoms with Crippen molar-refractivity contribution in [1.82, 2.24) is 9.80 Å². The maximum atomic E-state index is 13.1. The monoisotopic (exact) mass is 468 g/mol. The first-order valence-electron chi connectivity index (χ1n) is 11.7. The Morgan fingerprint density at radius 3 is 2.18 bits per heavy atom. The van der Waals surface area contributed by atoms with E-state index in [2.05, 4.69) is 33.8 Å². The largest absolute Gasteiger partial charge is 0.493 e. The highest BCUT2D eigenvalue weighted by molar-refractivity contribution is 5.95. The summed E-state index contributed by atoms with van der Waals surface area (Å²) in [6, 6.07) is 11.2. The van der Waals surface area contributed by atoms with E-state index in [1.165, 1.54) is 0 Å². The summed E-state index contributed by atoms with van der Waals surface area (Å²) in [5, 5.41) is 0. The summed E-state index contributed by atoms with van der Waals surface area (Å²) in [5.41, 5.74) is 2.70. The van der Waals surface area contributed by atoms with Gasteiger partial charge in [0.05, 0.1) is 14.2 Å². The molecule has 0 spiro atoms. The molecule has 0 radical (unpaired) electrons. The molecule has 2 aromatic rings. The number of aryl methyl sites for hydroxylation is 1. The number of amides is 2. The molecule has 7 heteroatoms. The normalized spacial score (nSPS) is 14.4. The van der Waals surface area contributed by atoms with Crippen molar-refractivity contribution in [2.45, 2.75) is 39.5 Å². The second kappa shape index (κ2) is 10.8. The quantitative estimate of drug-likeness (QED) is 0.640. The molecule has 34 heavy (non-hydrogen) atoms.